The number of benzene rings is 1. The van der Waals surface area contributed by atoms with Crippen molar-refractivity contribution in [3.63, 3.8) is 0 Å². The normalized spacial score (nSPS) is 15.9. The van der Waals surface area contributed by atoms with Crippen LogP contribution >= 0.6 is 11.6 Å². The average molecular weight is 289 g/mol. The second-order valence-electron chi connectivity index (χ2n) is 5.03. The number of nitrogens with zero attached hydrogens (tertiary/aromatic N) is 2. The molecule has 102 valence electrons. The number of hydrogen-bond donors (Lipinski definition) is 0. The van der Waals surface area contributed by atoms with E-state index in [-0.39, 0.29) is 16.5 Å². The molecule has 0 unspecified atom stereocenters. The van der Waals surface area contributed by atoms with Gasteiger partial charge in [0, 0.05) is 36.8 Å². The second kappa shape index (κ2) is 4.21. The number of aromatic nitrogens is 1. The Hall–Kier alpha value is -2.07. The number of carbonyl (C=O) groups is 2. The molecule has 2 heterocycles. The zero-order valence-electron chi connectivity index (χ0n) is 11.4. The van der Waals surface area contributed by atoms with Crippen molar-refractivity contribution in [2.45, 2.75) is 6.92 Å². The van der Waals surface area contributed by atoms with E-state index in [0.717, 1.165) is 21.4 Å². The summed E-state index contributed by atoms with van der Waals surface area (Å²) in [5, 5.41) is 0.910. The molecule has 5 heteroatoms. The predicted octanol–water partition coefficient (Wildman–Crippen LogP) is 2.44. The van der Waals surface area contributed by atoms with Gasteiger partial charge in [0.05, 0.1) is 5.57 Å². The number of likely N-dealkylation sites (N-methyl/N-ethyl adjacent to an activating group) is 1. The van der Waals surface area contributed by atoms with Crippen LogP contribution in [0.1, 0.15) is 11.1 Å². The van der Waals surface area contributed by atoms with E-state index in [9.17, 15) is 9.59 Å². The van der Waals surface area contributed by atoms with Gasteiger partial charge in [-0.1, -0.05) is 23.7 Å². The van der Waals surface area contributed by atoms with E-state index in [0.29, 0.717) is 5.56 Å². The van der Waals surface area contributed by atoms with Gasteiger partial charge in [0.2, 0.25) is 0 Å². The Morgan fingerprint density at radius 1 is 1.10 bits per heavy atom. The molecule has 0 radical (unpaired) electrons. The molecule has 1 aromatic carbocycles. The van der Waals surface area contributed by atoms with E-state index in [4.69, 9.17) is 11.6 Å². The zero-order valence-corrected chi connectivity index (χ0v) is 12.2. The van der Waals surface area contributed by atoms with Crippen molar-refractivity contribution >= 4 is 39.9 Å². The average Bonchev–Trinajstić information content (AvgIpc) is 2.82. The number of hydrogen-bond acceptors (Lipinski definition) is 2. The fourth-order valence-corrected chi connectivity index (χ4v) is 2.84. The number of fused-ring (bicyclic) bond motifs is 1. The fourth-order valence-electron chi connectivity index (χ4n) is 2.53. The molecular weight excluding hydrogens is 276 g/mol. The molecule has 2 amide bonds. The van der Waals surface area contributed by atoms with E-state index < -0.39 is 5.91 Å². The third-order valence-electron chi connectivity index (χ3n) is 3.65. The summed E-state index contributed by atoms with van der Waals surface area (Å²) in [6.45, 7) is 2.01. The van der Waals surface area contributed by atoms with Crippen LogP contribution in [-0.4, -0.2) is 28.3 Å². The zero-order chi connectivity index (χ0) is 14.6. The molecule has 0 saturated heterocycles. The van der Waals surface area contributed by atoms with Crippen LogP contribution in [0, 0.1) is 6.92 Å². The summed E-state index contributed by atoms with van der Waals surface area (Å²) in [6.07, 6.45) is 1.84. The summed E-state index contributed by atoms with van der Waals surface area (Å²) in [7, 11) is 3.35. The molecule has 0 aliphatic carbocycles. The Morgan fingerprint density at radius 3 is 2.40 bits per heavy atom. The van der Waals surface area contributed by atoms with Crippen molar-refractivity contribution < 1.29 is 9.59 Å². The quantitative estimate of drug-likeness (QED) is 0.757. The van der Waals surface area contributed by atoms with Gasteiger partial charge in [-0.3, -0.25) is 14.5 Å². The molecule has 1 aliphatic heterocycles. The van der Waals surface area contributed by atoms with Crippen LogP contribution in [0.4, 0.5) is 0 Å². The lowest BCUT2D eigenvalue weighted by Gasteiger charge is -2.05. The highest BCUT2D eigenvalue weighted by molar-refractivity contribution is 6.55. The summed E-state index contributed by atoms with van der Waals surface area (Å²) < 4.78 is 1.94. The van der Waals surface area contributed by atoms with Crippen LogP contribution in [0.3, 0.4) is 0 Å². The van der Waals surface area contributed by atoms with Gasteiger partial charge < -0.3 is 4.57 Å². The standard InChI is InChI=1S/C15H13ClN2O2/c1-8-4-5-9-10(7-17(2)11(9)6-8)12-13(16)15(20)18(3)14(12)19/h4-7H,1-3H3. The van der Waals surface area contributed by atoms with Gasteiger partial charge in [-0.2, -0.15) is 0 Å². The maximum Gasteiger partial charge on any atom is 0.272 e. The molecule has 0 spiro atoms. The SMILES string of the molecule is Cc1ccc2c(C3=C(Cl)C(=O)N(C)C3=O)cn(C)c2c1. The van der Waals surface area contributed by atoms with Gasteiger partial charge in [0.1, 0.15) is 5.03 Å². The highest BCUT2D eigenvalue weighted by Gasteiger charge is 2.36. The first kappa shape index (κ1) is 12.9. The molecule has 4 nitrogen and oxygen atoms in total. The minimum atomic E-state index is -0.448. The first-order chi connectivity index (χ1) is 9.41. The van der Waals surface area contributed by atoms with Gasteiger partial charge in [-0.05, 0) is 18.6 Å². The molecular formula is C15H13ClN2O2. The Balaban J connectivity index is 2.31. The monoisotopic (exact) mass is 288 g/mol. The van der Waals surface area contributed by atoms with Gasteiger partial charge in [0.15, 0.2) is 0 Å². The van der Waals surface area contributed by atoms with E-state index in [1.54, 1.807) is 0 Å². The lowest BCUT2D eigenvalue weighted by Crippen LogP contribution is -2.26. The highest BCUT2D eigenvalue weighted by atomic mass is 35.5. The van der Waals surface area contributed by atoms with E-state index in [1.807, 2.05) is 42.9 Å². The Morgan fingerprint density at radius 2 is 1.80 bits per heavy atom. The summed E-state index contributed by atoms with van der Waals surface area (Å²) in [5.74, 6) is -0.802. The van der Waals surface area contributed by atoms with Crippen LogP contribution in [0.25, 0.3) is 16.5 Å². The highest BCUT2D eigenvalue weighted by Crippen LogP contribution is 2.35. The molecule has 0 saturated carbocycles. The van der Waals surface area contributed by atoms with Crippen molar-refractivity contribution in [1.82, 2.24) is 9.47 Å². The van der Waals surface area contributed by atoms with Crippen molar-refractivity contribution in [3.05, 3.63) is 40.6 Å². The lowest BCUT2D eigenvalue weighted by molar-refractivity contribution is -0.134. The molecule has 0 fully saturated rings. The van der Waals surface area contributed by atoms with Crippen LogP contribution in [0.2, 0.25) is 0 Å². The first-order valence-electron chi connectivity index (χ1n) is 6.20. The van der Waals surface area contributed by atoms with Gasteiger partial charge in [-0.15, -0.1) is 0 Å². The third kappa shape index (κ3) is 1.61. The van der Waals surface area contributed by atoms with E-state index in [2.05, 4.69) is 0 Å². The number of aryl methyl sites for hydroxylation is 2. The van der Waals surface area contributed by atoms with Crippen molar-refractivity contribution in [1.29, 1.82) is 0 Å². The Labute approximate surface area is 121 Å². The van der Waals surface area contributed by atoms with Gasteiger partial charge >= 0.3 is 0 Å². The third-order valence-corrected chi connectivity index (χ3v) is 4.00. The number of rotatable bonds is 1. The molecule has 0 atom stereocenters. The number of halogens is 1. The molecule has 1 aromatic heterocycles. The molecule has 1 aliphatic rings. The number of imide groups is 1. The van der Waals surface area contributed by atoms with E-state index >= 15 is 0 Å². The maximum absolute atomic E-state index is 12.2. The topological polar surface area (TPSA) is 42.3 Å². The van der Waals surface area contributed by atoms with Crippen molar-refractivity contribution in [3.8, 4) is 0 Å². The lowest BCUT2D eigenvalue weighted by atomic mass is 10.0. The largest absolute Gasteiger partial charge is 0.350 e. The van der Waals surface area contributed by atoms with Crippen LogP contribution < -0.4 is 0 Å². The summed E-state index contributed by atoms with van der Waals surface area (Å²) in [5.41, 5.74) is 3.13. The smallest absolute Gasteiger partial charge is 0.272 e. The van der Waals surface area contributed by atoms with Crippen LogP contribution in [0.15, 0.2) is 29.4 Å². The maximum atomic E-state index is 12.2. The molecule has 3 rings (SSSR count). The fraction of sp³-hybridized carbons (Fsp3) is 0.200. The predicted molar refractivity (Wildman–Crippen MR) is 78.2 cm³/mol. The first-order valence-corrected chi connectivity index (χ1v) is 6.58. The second-order valence-corrected chi connectivity index (χ2v) is 5.41. The molecule has 0 bridgehead atoms. The van der Waals surface area contributed by atoms with Crippen molar-refractivity contribution in [2.24, 2.45) is 7.05 Å². The van der Waals surface area contributed by atoms with Gasteiger partial charge in [-0.25, -0.2) is 0 Å². The Bertz CT molecular complexity index is 802. The van der Waals surface area contributed by atoms with Crippen LogP contribution in [0.5, 0.6) is 0 Å². The van der Waals surface area contributed by atoms with Gasteiger partial charge in [0.25, 0.3) is 11.8 Å². The minimum absolute atomic E-state index is 0.00873. The summed E-state index contributed by atoms with van der Waals surface area (Å²) in [4.78, 5) is 25.1. The van der Waals surface area contributed by atoms with Crippen molar-refractivity contribution in [2.75, 3.05) is 7.05 Å². The molecule has 2 aromatic rings. The Kier molecular flexibility index (Phi) is 2.73. The number of amides is 2. The summed E-state index contributed by atoms with van der Waals surface area (Å²) >= 11 is 6.05. The summed E-state index contributed by atoms with van der Waals surface area (Å²) in [6, 6.07) is 5.97. The van der Waals surface area contributed by atoms with Crippen LogP contribution in [-0.2, 0) is 16.6 Å². The van der Waals surface area contributed by atoms with E-state index in [1.165, 1.54) is 7.05 Å². The molecule has 20 heavy (non-hydrogen) atoms. The number of carbonyl (C=O) groups excluding carboxylic acids is 2. The molecule has 0 N–H and O–H groups in total. The minimum Gasteiger partial charge on any atom is -0.350 e.